The molecule has 1 saturated carbocycles. The van der Waals surface area contributed by atoms with Crippen molar-refractivity contribution in [1.82, 2.24) is 0 Å². The minimum Gasteiger partial charge on any atom is -0.493 e. The van der Waals surface area contributed by atoms with Gasteiger partial charge < -0.3 is 4.74 Å². The van der Waals surface area contributed by atoms with Crippen molar-refractivity contribution in [1.29, 1.82) is 0 Å². The second-order valence-electron chi connectivity index (χ2n) is 4.52. The van der Waals surface area contributed by atoms with Crippen molar-refractivity contribution < 1.29 is 4.74 Å². The standard InChI is InChI=1S/C15H17ClO/c1-12-10-15(17-11-13-4-2-5-13)8-7-14(12)6-3-9-16/h7-8,10,13H,2,4-5,9,11H2,1H3. The van der Waals surface area contributed by atoms with Gasteiger partial charge in [0.15, 0.2) is 0 Å². The maximum absolute atomic E-state index is 5.78. The number of halogens is 1. The molecule has 0 aliphatic heterocycles. The van der Waals surface area contributed by atoms with Gasteiger partial charge in [0.1, 0.15) is 5.75 Å². The van der Waals surface area contributed by atoms with Crippen LogP contribution in [0.2, 0.25) is 0 Å². The van der Waals surface area contributed by atoms with Gasteiger partial charge in [-0.1, -0.05) is 18.3 Å². The van der Waals surface area contributed by atoms with E-state index >= 15 is 0 Å². The lowest BCUT2D eigenvalue weighted by Gasteiger charge is -2.25. The summed E-state index contributed by atoms with van der Waals surface area (Å²) >= 11 is 5.54. The lowest BCUT2D eigenvalue weighted by atomic mass is 9.86. The van der Waals surface area contributed by atoms with Crippen molar-refractivity contribution in [3.8, 4) is 17.6 Å². The summed E-state index contributed by atoms with van der Waals surface area (Å²) in [5.74, 6) is 8.00. The molecule has 1 aromatic carbocycles. The Morgan fingerprint density at radius 1 is 1.41 bits per heavy atom. The number of benzene rings is 1. The first-order valence-corrected chi connectivity index (χ1v) is 6.61. The predicted octanol–water partition coefficient (Wildman–Crippen LogP) is 3.76. The van der Waals surface area contributed by atoms with Crippen LogP contribution in [0, 0.1) is 24.7 Å². The van der Waals surface area contributed by atoms with E-state index in [1.165, 1.54) is 19.3 Å². The van der Waals surface area contributed by atoms with Crippen LogP contribution in [-0.2, 0) is 0 Å². The van der Waals surface area contributed by atoms with E-state index in [9.17, 15) is 0 Å². The van der Waals surface area contributed by atoms with E-state index in [1.54, 1.807) is 0 Å². The minimum atomic E-state index is 0.374. The van der Waals surface area contributed by atoms with Gasteiger partial charge in [0.25, 0.3) is 0 Å². The predicted molar refractivity (Wildman–Crippen MR) is 71.6 cm³/mol. The molecule has 0 atom stereocenters. The lowest BCUT2D eigenvalue weighted by Crippen LogP contribution is -2.19. The van der Waals surface area contributed by atoms with Gasteiger partial charge in [-0.3, -0.25) is 0 Å². The number of aryl methyl sites for hydroxylation is 1. The van der Waals surface area contributed by atoms with Gasteiger partial charge >= 0.3 is 0 Å². The summed E-state index contributed by atoms with van der Waals surface area (Å²) in [7, 11) is 0. The molecule has 0 radical (unpaired) electrons. The van der Waals surface area contributed by atoms with Crippen LogP contribution in [0.4, 0.5) is 0 Å². The highest BCUT2D eigenvalue weighted by Gasteiger charge is 2.17. The van der Waals surface area contributed by atoms with Crippen molar-refractivity contribution in [3.05, 3.63) is 29.3 Å². The summed E-state index contributed by atoms with van der Waals surface area (Å²) in [4.78, 5) is 0. The van der Waals surface area contributed by atoms with Gasteiger partial charge in [-0.2, -0.15) is 0 Å². The largest absolute Gasteiger partial charge is 0.493 e. The monoisotopic (exact) mass is 248 g/mol. The second kappa shape index (κ2) is 5.98. The van der Waals surface area contributed by atoms with Crippen LogP contribution < -0.4 is 4.74 Å². The van der Waals surface area contributed by atoms with E-state index in [2.05, 4.69) is 24.8 Å². The molecule has 0 aromatic heterocycles. The Bertz CT molecular complexity index is 438. The second-order valence-corrected chi connectivity index (χ2v) is 4.79. The van der Waals surface area contributed by atoms with Gasteiger partial charge in [0.2, 0.25) is 0 Å². The number of hydrogen-bond acceptors (Lipinski definition) is 1. The van der Waals surface area contributed by atoms with E-state index < -0.39 is 0 Å². The first kappa shape index (κ1) is 12.3. The molecule has 1 aliphatic carbocycles. The summed E-state index contributed by atoms with van der Waals surface area (Å²) in [6.07, 6.45) is 4.00. The van der Waals surface area contributed by atoms with Crippen molar-refractivity contribution in [3.63, 3.8) is 0 Å². The third kappa shape index (κ3) is 3.41. The van der Waals surface area contributed by atoms with Gasteiger partial charge in [-0.25, -0.2) is 0 Å². The summed E-state index contributed by atoms with van der Waals surface area (Å²) in [5, 5.41) is 0. The minimum absolute atomic E-state index is 0.374. The molecule has 0 N–H and O–H groups in total. The highest BCUT2D eigenvalue weighted by molar-refractivity contribution is 6.19. The SMILES string of the molecule is Cc1cc(OCC2CCC2)ccc1C#CCCl. The zero-order valence-electron chi connectivity index (χ0n) is 10.1. The highest BCUT2D eigenvalue weighted by Crippen LogP contribution is 2.27. The van der Waals surface area contributed by atoms with Crippen LogP contribution >= 0.6 is 11.6 Å². The van der Waals surface area contributed by atoms with Crippen LogP contribution in [0.3, 0.4) is 0 Å². The van der Waals surface area contributed by atoms with Crippen molar-refractivity contribution in [2.45, 2.75) is 26.2 Å². The molecular formula is C15H17ClO. The third-order valence-electron chi connectivity index (χ3n) is 3.20. The molecule has 90 valence electrons. The summed E-state index contributed by atoms with van der Waals surface area (Å²) < 4.78 is 5.78. The molecule has 1 nitrogen and oxygen atoms in total. The highest BCUT2D eigenvalue weighted by atomic mass is 35.5. The Balaban J connectivity index is 1.97. The zero-order valence-corrected chi connectivity index (χ0v) is 10.9. The van der Waals surface area contributed by atoms with E-state index in [4.69, 9.17) is 16.3 Å². The maximum Gasteiger partial charge on any atom is 0.119 e. The van der Waals surface area contributed by atoms with Gasteiger partial charge in [-0.05, 0) is 49.4 Å². The van der Waals surface area contributed by atoms with E-state index in [-0.39, 0.29) is 0 Å². The lowest BCUT2D eigenvalue weighted by molar-refractivity contribution is 0.180. The number of alkyl halides is 1. The van der Waals surface area contributed by atoms with Crippen molar-refractivity contribution >= 4 is 11.6 Å². The molecule has 0 unspecified atom stereocenters. The Morgan fingerprint density at radius 2 is 2.24 bits per heavy atom. The fourth-order valence-electron chi connectivity index (χ4n) is 1.87. The van der Waals surface area contributed by atoms with Gasteiger partial charge in [0.05, 0.1) is 12.5 Å². The van der Waals surface area contributed by atoms with Crippen LogP contribution in [0.5, 0.6) is 5.75 Å². The average Bonchev–Trinajstić information content (AvgIpc) is 2.26. The van der Waals surface area contributed by atoms with E-state index in [1.807, 2.05) is 12.1 Å². The van der Waals surface area contributed by atoms with Crippen molar-refractivity contribution in [2.24, 2.45) is 5.92 Å². The fraction of sp³-hybridized carbons (Fsp3) is 0.467. The molecule has 0 bridgehead atoms. The van der Waals surface area contributed by atoms with Crippen LogP contribution in [0.1, 0.15) is 30.4 Å². The molecule has 0 amide bonds. The number of ether oxygens (including phenoxy) is 1. The molecule has 2 heteroatoms. The molecule has 1 fully saturated rings. The van der Waals surface area contributed by atoms with Crippen LogP contribution in [0.15, 0.2) is 18.2 Å². The van der Waals surface area contributed by atoms with Crippen molar-refractivity contribution in [2.75, 3.05) is 12.5 Å². The Morgan fingerprint density at radius 3 is 2.82 bits per heavy atom. The van der Waals surface area contributed by atoms with Gasteiger partial charge in [-0.15, -0.1) is 11.6 Å². The molecule has 1 aromatic rings. The molecule has 0 spiro atoms. The molecule has 0 saturated heterocycles. The van der Waals surface area contributed by atoms with E-state index in [0.717, 1.165) is 29.4 Å². The Kier molecular flexibility index (Phi) is 4.34. The number of hydrogen-bond donors (Lipinski definition) is 0. The average molecular weight is 249 g/mol. The maximum atomic E-state index is 5.78. The smallest absolute Gasteiger partial charge is 0.119 e. The van der Waals surface area contributed by atoms with Gasteiger partial charge in [0, 0.05) is 5.56 Å². The summed E-state index contributed by atoms with van der Waals surface area (Å²) in [6, 6.07) is 6.05. The molecule has 17 heavy (non-hydrogen) atoms. The van der Waals surface area contributed by atoms with Crippen LogP contribution in [-0.4, -0.2) is 12.5 Å². The van der Waals surface area contributed by atoms with Crippen LogP contribution in [0.25, 0.3) is 0 Å². The third-order valence-corrected chi connectivity index (χ3v) is 3.33. The topological polar surface area (TPSA) is 9.23 Å². The molecule has 2 rings (SSSR count). The number of rotatable bonds is 3. The Labute approximate surface area is 108 Å². The first-order valence-electron chi connectivity index (χ1n) is 6.08. The molecule has 0 heterocycles. The molecule has 1 aliphatic rings. The molecular weight excluding hydrogens is 232 g/mol. The fourth-order valence-corrected chi connectivity index (χ4v) is 1.94. The Hall–Kier alpha value is -1.13. The summed E-state index contributed by atoms with van der Waals surface area (Å²) in [6.45, 7) is 2.90. The first-order chi connectivity index (χ1) is 8.29. The quantitative estimate of drug-likeness (QED) is 0.585. The zero-order chi connectivity index (χ0) is 12.1. The summed E-state index contributed by atoms with van der Waals surface area (Å²) in [5.41, 5.74) is 2.18. The normalized spacial score (nSPS) is 14.7. The van der Waals surface area contributed by atoms with E-state index in [0.29, 0.717) is 5.88 Å².